The first-order valence-electron chi connectivity index (χ1n) is 5.59. The van der Waals surface area contributed by atoms with Crippen molar-refractivity contribution in [3.05, 3.63) is 18.0 Å². The lowest BCUT2D eigenvalue weighted by atomic mass is 10.3. The Morgan fingerprint density at radius 2 is 2.32 bits per heavy atom. The van der Waals surface area contributed by atoms with Gasteiger partial charge in [-0.1, -0.05) is 0 Å². The molecule has 3 N–H and O–H groups in total. The molecule has 0 bridgehead atoms. The lowest BCUT2D eigenvalue weighted by Gasteiger charge is -2.32. The average Bonchev–Trinajstić information content (AvgIpc) is 2.89. The summed E-state index contributed by atoms with van der Waals surface area (Å²) in [6.07, 6.45) is 1.13. The smallest absolute Gasteiger partial charge is 0.352 e. The number of carbonyl (C=O) groups is 1. The molecular formula is C10H14N2O6S. The van der Waals surface area contributed by atoms with Crippen molar-refractivity contribution in [1.29, 1.82) is 0 Å². The number of aromatic carboxylic acids is 1. The first-order chi connectivity index (χ1) is 8.96. The van der Waals surface area contributed by atoms with Crippen LogP contribution in [0.25, 0.3) is 0 Å². The summed E-state index contributed by atoms with van der Waals surface area (Å²) in [5.74, 6) is -1.23. The third kappa shape index (κ3) is 2.63. The third-order valence-electron chi connectivity index (χ3n) is 2.88. The summed E-state index contributed by atoms with van der Waals surface area (Å²) in [5.41, 5.74) is -0.201. The minimum atomic E-state index is -3.84. The standard InChI is InChI=1S/C10H14N2O6S/c13-5-7-6-18-2-1-12(7)19(16,17)8-3-9(10(14)15)11-4-8/h3-4,7,11,13H,1-2,5-6H2,(H,14,15). The number of rotatable bonds is 4. The highest BCUT2D eigenvalue weighted by Gasteiger charge is 2.34. The first kappa shape index (κ1) is 14.0. The number of aliphatic hydroxyl groups excluding tert-OH is 1. The minimum Gasteiger partial charge on any atom is -0.477 e. The maximum atomic E-state index is 12.3. The SMILES string of the molecule is O=C(O)c1cc(S(=O)(=O)N2CCOCC2CO)c[nH]1. The van der Waals surface area contributed by atoms with Crippen molar-refractivity contribution in [2.75, 3.05) is 26.4 Å². The van der Waals surface area contributed by atoms with Crippen molar-refractivity contribution in [2.24, 2.45) is 0 Å². The van der Waals surface area contributed by atoms with Crippen LogP contribution in [0.1, 0.15) is 10.5 Å². The Hall–Kier alpha value is -1.42. The van der Waals surface area contributed by atoms with Crippen molar-refractivity contribution >= 4 is 16.0 Å². The summed E-state index contributed by atoms with van der Waals surface area (Å²) in [5, 5.41) is 17.9. The number of H-pyrrole nitrogens is 1. The van der Waals surface area contributed by atoms with Gasteiger partial charge in [0.2, 0.25) is 10.0 Å². The van der Waals surface area contributed by atoms with E-state index in [1.807, 2.05) is 0 Å². The van der Waals surface area contributed by atoms with Gasteiger partial charge in [0, 0.05) is 12.7 Å². The predicted molar refractivity (Wildman–Crippen MR) is 63.3 cm³/mol. The van der Waals surface area contributed by atoms with Crippen molar-refractivity contribution in [3.8, 4) is 0 Å². The summed E-state index contributed by atoms with van der Waals surface area (Å²) >= 11 is 0. The number of hydrogen-bond acceptors (Lipinski definition) is 5. The van der Waals surface area contributed by atoms with Gasteiger partial charge in [-0.2, -0.15) is 4.31 Å². The molecule has 2 rings (SSSR count). The van der Waals surface area contributed by atoms with Crippen LogP contribution in [0.15, 0.2) is 17.2 Å². The number of aliphatic hydroxyl groups is 1. The number of nitrogens with one attached hydrogen (secondary N) is 1. The lowest BCUT2D eigenvalue weighted by Crippen LogP contribution is -2.50. The maximum Gasteiger partial charge on any atom is 0.352 e. The summed E-state index contributed by atoms with van der Waals surface area (Å²) in [6.45, 7) is 0.133. The molecule has 1 aromatic rings. The second-order valence-electron chi connectivity index (χ2n) is 4.08. The van der Waals surface area contributed by atoms with Gasteiger partial charge < -0.3 is 19.9 Å². The minimum absolute atomic E-state index is 0.117. The van der Waals surface area contributed by atoms with E-state index in [9.17, 15) is 18.3 Å². The molecule has 1 fully saturated rings. The van der Waals surface area contributed by atoms with Crippen molar-refractivity contribution in [1.82, 2.24) is 9.29 Å². The molecule has 19 heavy (non-hydrogen) atoms. The third-order valence-corrected chi connectivity index (χ3v) is 4.81. The summed E-state index contributed by atoms with van der Waals surface area (Å²) in [6, 6.07) is 0.406. The zero-order valence-corrected chi connectivity index (χ0v) is 10.8. The van der Waals surface area contributed by atoms with E-state index in [1.165, 1.54) is 0 Å². The van der Waals surface area contributed by atoms with Crippen LogP contribution in [-0.4, -0.2) is 66.3 Å². The highest BCUT2D eigenvalue weighted by molar-refractivity contribution is 7.89. The fraction of sp³-hybridized carbons (Fsp3) is 0.500. The molecule has 1 aliphatic rings. The monoisotopic (exact) mass is 290 g/mol. The Morgan fingerprint density at radius 3 is 2.89 bits per heavy atom. The number of sulfonamides is 1. The van der Waals surface area contributed by atoms with E-state index in [0.29, 0.717) is 0 Å². The fourth-order valence-electron chi connectivity index (χ4n) is 1.88. The van der Waals surface area contributed by atoms with Crippen LogP contribution >= 0.6 is 0 Å². The molecule has 2 heterocycles. The number of ether oxygens (including phenoxy) is 1. The summed E-state index contributed by atoms with van der Waals surface area (Å²) in [7, 11) is -3.84. The molecule has 0 saturated carbocycles. The molecule has 1 aromatic heterocycles. The molecule has 106 valence electrons. The Kier molecular flexibility index (Phi) is 3.90. The summed E-state index contributed by atoms with van der Waals surface area (Å²) in [4.78, 5) is 13.0. The predicted octanol–water partition coefficient (Wildman–Crippen LogP) is -0.905. The van der Waals surface area contributed by atoms with Crippen molar-refractivity contribution in [2.45, 2.75) is 10.9 Å². The lowest BCUT2D eigenvalue weighted by molar-refractivity contribution is 0.0109. The topological polar surface area (TPSA) is 120 Å². The molecule has 0 radical (unpaired) electrons. The van der Waals surface area contributed by atoms with Crippen LogP contribution in [0.3, 0.4) is 0 Å². The quantitative estimate of drug-likeness (QED) is 0.660. The van der Waals surface area contributed by atoms with E-state index in [2.05, 4.69) is 4.98 Å². The van der Waals surface area contributed by atoms with Crippen LogP contribution in [-0.2, 0) is 14.8 Å². The molecule has 1 aliphatic heterocycles. The van der Waals surface area contributed by atoms with Crippen LogP contribution < -0.4 is 0 Å². The van der Waals surface area contributed by atoms with Crippen LogP contribution in [0.5, 0.6) is 0 Å². The number of hydrogen-bond donors (Lipinski definition) is 3. The largest absolute Gasteiger partial charge is 0.477 e. The number of morpholine rings is 1. The van der Waals surface area contributed by atoms with Gasteiger partial charge in [-0.05, 0) is 6.07 Å². The van der Waals surface area contributed by atoms with Gasteiger partial charge in [0.25, 0.3) is 0 Å². The van der Waals surface area contributed by atoms with Gasteiger partial charge in [0.05, 0.1) is 25.9 Å². The van der Waals surface area contributed by atoms with Gasteiger partial charge in [0.1, 0.15) is 10.6 Å². The Balaban J connectivity index is 2.32. The summed E-state index contributed by atoms with van der Waals surface area (Å²) < 4.78 is 30.9. The van der Waals surface area contributed by atoms with Gasteiger partial charge in [-0.25, -0.2) is 13.2 Å². The molecule has 0 amide bonds. The number of nitrogens with zero attached hydrogens (tertiary/aromatic N) is 1. The van der Waals surface area contributed by atoms with Gasteiger partial charge in [-0.15, -0.1) is 0 Å². The average molecular weight is 290 g/mol. The van der Waals surface area contributed by atoms with E-state index in [-0.39, 0.29) is 37.0 Å². The van der Waals surface area contributed by atoms with Crippen molar-refractivity contribution in [3.63, 3.8) is 0 Å². The van der Waals surface area contributed by atoms with Crippen molar-refractivity contribution < 1.29 is 28.2 Å². The molecule has 1 unspecified atom stereocenters. The molecule has 1 atom stereocenters. The Labute approximate surface area is 109 Å². The van der Waals surface area contributed by atoms with E-state index in [0.717, 1.165) is 16.6 Å². The van der Waals surface area contributed by atoms with E-state index in [4.69, 9.17) is 9.84 Å². The number of aromatic amines is 1. The number of carboxylic acids is 1. The zero-order chi connectivity index (χ0) is 14.0. The normalized spacial score (nSPS) is 21.4. The number of carboxylic acid groups (broad SMARTS) is 1. The highest BCUT2D eigenvalue weighted by atomic mass is 32.2. The molecule has 0 aromatic carbocycles. The second kappa shape index (κ2) is 5.29. The first-order valence-corrected chi connectivity index (χ1v) is 7.03. The fourth-order valence-corrected chi connectivity index (χ4v) is 3.46. The maximum absolute atomic E-state index is 12.3. The highest BCUT2D eigenvalue weighted by Crippen LogP contribution is 2.21. The van der Waals surface area contributed by atoms with Gasteiger partial charge in [0.15, 0.2) is 0 Å². The Bertz CT molecular complexity index is 566. The molecule has 0 aliphatic carbocycles. The van der Waals surface area contributed by atoms with Crippen LogP contribution in [0, 0.1) is 0 Å². The van der Waals surface area contributed by atoms with Gasteiger partial charge in [-0.3, -0.25) is 0 Å². The van der Waals surface area contributed by atoms with Gasteiger partial charge >= 0.3 is 5.97 Å². The Morgan fingerprint density at radius 1 is 1.58 bits per heavy atom. The van der Waals surface area contributed by atoms with E-state index >= 15 is 0 Å². The molecular weight excluding hydrogens is 276 g/mol. The number of aromatic nitrogens is 1. The van der Waals surface area contributed by atoms with Crippen LogP contribution in [0.4, 0.5) is 0 Å². The zero-order valence-electron chi connectivity index (χ0n) is 9.94. The molecule has 1 saturated heterocycles. The van der Waals surface area contributed by atoms with E-state index < -0.39 is 22.0 Å². The molecule has 0 spiro atoms. The second-order valence-corrected chi connectivity index (χ2v) is 5.97. The molecule has 9 heteroatoms. The molecule has 8 nitrogen and oxygen atoms in total. The van der Waals surface area contributed by atoms with Crippen LogP contribution in [0.2, 0.25) is 0 Å². The van der Waals surface area contributed by atoms with E-state index in [1.54, 1.807) is 0 Å².